The Morgan fingerprint density at radius 3 is 2.81 bits per heavy atom. The standard InChI is InChI=1S/C17H16ClN3/c1-19-17(14-8-9-20-11-15(14)18)10-13-7-6-12-4-2-3-5-16(12)21-13/h2-9,11,17,19H,10H2,1H3. The lowest BCUT2D eigenvalue weighted by Crippen LogP contribution is -2.19. The van der Waals surface area contributed by atoms with Crippen molar-refractivity contribution in [3.05, 3.63) is 71.1 Å². The Labute approximate surface area is 129 Å². The normalized spacial score (nSPS) is 12.5. The number of pyridine rings is 2. The highest BCUT2D eigenvalue weighted by Gasteiger charge is 2.14. The van der Waals surface area contributed by atoms with E-state index in [0.717, 1.165) is 28.6 Å². The molecule has 0 saturated carbocycles. The predicted molar refractivity (Wildman–Crippen MR) is 86.5 cm³/mol. The first kappa shape index (κ1) is 14.0. The number of hydrogen-bond acceptors (Lipinski definition) is 3. The second kappa shape index (κ2) is 6.20. The van der Waals surface area contributed by atoms with E-state index in [9.17, 15) is 0 Å². The zero-order valence-corrected chi connectivity index (χ0v) is 12.5. The number of benzene rings is 1. The third-order valence-electron chi connectivity index (χ3n) is 3.60. The van der Waals surface area contributed by atoms with Crippen LogP contribution in [0.2, 0.25) is 5.02 Å². The summed E-state index contributed by atoms with van der Waals surface area (Å²) in [4.78, 5) is 8.75. The lowest BCUT2D eigenvalue weighted by atomic mass is 10.0. The number of halogens is 1. The largest absolute Gasteiger partial charge is 0.313 e. The van der Waals surface area contributed by atoms with Crippen LogP contribution in [0.5, 0.6) is 0 Å². The van der Waals surface area contributed by atoms with Crippen LogP contribution >= 0.6 is 11.6 Å². The summed E-state index contributed by atoms with van der Waals surface area (Å²) >= 11 is 6.24. The van der Waals surface area contributed by atoms with Crippen molar-refractivity contribution in [2.75, 3.05) is 7.05 Å². The van der Waals surface area contributed by atoms with Crippen molar-refractivity contribution in [1.29, 1.82) is 0 Å². The van der Waals surface area contributed by atoms with Gasteiger partial charge in [-0.15, -0.1) is 0 Å². The fourth-order valence-corrected chi connectivity index (χ4v) is 2.72. The smallest absolute Gasteiger partial charge is 0.0705 e. The van der Waals surface area contributed by atoms with Crippen LogP contribution in [0.15, 0.2) is 54.9 Å². The quantitative estimate of drug-likeness (QED) is 0.796. The Kier molecular flexibility index (Phi) is 4.13. The average molecular weight is 298 g/mol. The van der Waals surface area contributed by atoms with E-state index in [1.807, 2.05) is 31.3 Å². The molecule has 0 radical (unpaired) electrons. The van der Waals surface area contributed by atoms with Crippen molar-refractivity contribution in [2.45, 2.75) is 12.5 Å². The maximum atomic E-state index is 6.24. The van der Waals surface area contributed by atoms with Crippen LogP contribution in [0.25, 0.3) is 10.9 Å². The fraction of sp³-hybridized carbons (Fsp3) is 0.176. The highest BCUT2D eigenvalue weighted by atomic mass is 35.5. The molecule has 4 heteroatoms. The van der Waals surface area contributed by atoms with Gasteiger partial charge in [-0.05, 0) is 30.8 Å². The van der Waals surface area contributed by atoms with Crippen LogP contribution in [0.3, 0.4) is 0 Å². The fourth-order valence-electron chi connectivity index (χ4n) is 2.47. The molecule has 0 bridgehead atoms. The number of para-hydroxylation sites is 1. The lowest BCUT2D eigenvalue weighted by molar-refractivity contribution is 0.585. The average Bonchev–Trinajstić information content (AvgIpc) is 2.53. The molecule has 21 heavy (non-hydrogen) atoms. The van der Waals surface area contributed by atoms with Gasteiger partial charge in [-0.25, -0.2) is 0 Å². The third kappa shape index (κ3) is 3.04. The molecule has 0 aliphatic carbocycles. The monoisotopic (exact) mass is 297 g/mol. The van der Waals surface area contributed by atoms with Crippen LogP contribution in [-0.2, 0) is 6.42 Å². The minimum atomic E-state index is 0.120. The summed E-state index contributed by atoms with van der Waals surface area (Å²) in [5.41, 5.74) is 3.11. The van der Waals surface area contributed by atoms with E-state index in [1.54, 1.807) is 12.4 Å². The minimum Gasteiger partial charge on any atom is -0.313 e. The maximum absolute atomic E-state index is 6.24. The van der Waals surface area contributed by atoms with Crippen molar-refractivity contribution in [3.8, 4) is 0 Å². The van der Waals surface area contributed by atoms with Gasteiger partial charge < -0.3 is 5.32 Å². The van der Waals surface area contributed by atoms with E-state index in [1.165, 1.54) is 0 Å². The number of nitrogens with zero attached hydrogens (tertiary/aromatic N) is 2. The molecule has 2 heterocycles. The summed E-state index contributed by atoms with van der Waals surface area (Å²) in [5.74, 6) is 0. The summed E-state index contributed by atoms with van der Waals surface area (Å²) in [6.45, 7) is 0. The van der Waals surface area contributed by atoms with Gasteiger partial charge in [-0.1, -0.05) is 35.9 Å². The first-order chi connectivity index (χ1) is 10.3. The van der Waals surface area contributed by atoms with E-state index in [0.29, 0.717) is 5.02 Å². The molecule has 0 amide bonds. The molecule has 0 aliphatic heterocycles. The highest BCUT2D eigenvalue weighted by Crippen LogP contribution is 2.24. The van der Waals surface area contributed by atoms with Gasteiger partial charge in [0, 0.05) is 35.9 Å². The van der Waals surface area contributed by atoms with Gasteiger partial charge in [0.1, 0.15) is 0 Å². The molecular weight excluding hydrogens is 282 g/mol. The van der Waals surface area contributed by atoms with Crippen LogP contribution in [-0.4, -0.2) is 17.0 Å². The second-order valence-corrected chi connectivity index (χ2v) is 5.35. The number of aromatic nitrogens is 2. The molecule has 1 atom stereocenters. The number of hydrogen-bond donors (Lipinski definition) is 1. The molecule has 0 spiro atoms. The Bertz CT molecular complexity index is 758. The highest BCUT2D eigenvalue weighted by molar-refractivity contribution is 6.31. The molecular formula is C17H16ClN3. The van der Waals surface area contributed by atoms with Gasteiger partial charge in [-0.2, -0.15) is 0 Å². The van der Waals surface area contributed by atoms with Crippen molar-refractivity contribution in [3.63, 3.8) is 0 Å². The molecule has 0 aliphatic rings. The van der Waals surface area contributed by atoms with Crippen LogP contribution in [0.1, 0.15) is 17.3 Å². The summed E-state index contributed by atoms with van der Waals surface area (Å²) in [7, 11) is 1.93. The summed E-state index contributed by atoms with van der Waals surface area (Å²) in [6, 6.07) is 14.4. The molecule has 3 rings (SSSR count). The number of fused-ring (bicyclic) bond motifs is 1. The van der Waals surface area contributed by atoms with Crippen molar-refractivity contribution in [2.24, 2.45) is 0 Å². The summed E-state index contributed by atoms with van der Waals surface area (Å²) in [6.07, 6.45) is 4.22. The minimum absolute atomic E-state index is 0.120. The first-order valence-electron chi connectivity index (χ1n) is 6.89. The lowest BCUT2D eigenvalue weighted by Gasteiger charge is -2.17. The van der Waals surface area contributed by atoms with Gasteiger partial charge in [-0.3, -0.25) is 9.97 Å². The van der Waals surface area contributed by atoms with Crippen molar-refractivity contribution >= 4 is 22.5 Å². The summed E-state index contributed by atoms with van der Waals surface area (Å²) < 4.78 is 0. The molecule has 3 aromatic rings. The Hall–Kier alpha value is -1.97. The number of likely N-dealkylation sites (N-methyl/N-ethyl adjacent to an activating group) is 1. The molecule has 2 aromatic heterocycles. The van der Waals surface area contributed by atoms with Crippen molar-refractivity contribution in [1.82, 2.24) is 15.3 Å². The second-order valence-electron chi connectivity index (χ2n) is 4.94. The van der Waals surface area contributed by atoms with Gasteiger partial charge in [0.25, 0.3) is 0 Å². The molecule has 106 valence electrons. The molecule has 1 unspecified atom stereocenters. The van der Waals surface area contributed by atoms with E-state index in [2.05, 4.69) is 28.5 Å². The van der Waals surface area contributed by atoms with E-state index >= 15 is 0 Å². The van der Waals surface area contributed by atoms with Gasteiger partial charge in [0.15, 0.2) is 0 Å². The number of nitrogens with one attached hydrogen (secondary N) is 1. The third-order valence-corrected chi connectivity index (χ3v) is 3.91. The zero-order valence-electron chi connectivity index (χ0n) is 11.8. The number of rotatable bonds is 4. The van der Waals surface area contributed by atoms with Crippen LogP contribution in [0.4, 0.5) is 0 Å². The van der Waals surface area contributed by atoms with Crippen LogP contribution in [0, 0.1) is 0 Å². The van der Waals surface area contributed by atoms with E-state index in [4.69, 9.17) is 16.6 Å². The van der Waals surface area contributed by atoms with Crippen LogP contribution < -0.4 is 5.32 Å². The van der Waals surface area contributed by atoms with Crippen molar-refractivity contribution < 1.29 is 0 Å². The molecule has 1 aromatic carbocycles. The van der Waals surface area contributed by atoms with Gasteiger partial charge in [0.2, 0.25) is 0 Å². The molecule has 3 nitrogen and oxygen atoms in total. The zero-order chi connectivity index (χ0) is 14.7. The molecule has 1 N–H and O–H groups in total. The molecule has 0 saturated heterocycles. The first-order valence-corrected chi connectivity index (χ1v) is 7.27. The Morgan fingerprint density at radius 2 is 2.00 bits per heavy atom. The van der Waals surface area contributed by atoms with E-state index in [-0.39, 0.29) is 6.04 Å². The molecule has 0 fully saturated rings. The Morgan fingerprint density at radius 1 is 1.14 bits per heavy atom. The summed E-state index contributed by atoms with van der Waals surface area (Å²) in [5, 5.41) is 5.14. The van der Waals surface area contributed by atoms with E-state index < -0.39 is 0 Å². The SMILES string of the molecule is CNC(Cc1ccc2ccccc2n1)c1ccncc1Cl. The topological polar surface area (TPSA) is 37.8 Å². The van der Waals surface area contributed by atoms with Gasteiger partial charge >= 0.3 is 0 Å². The Balaban J connectivity index is 1.90. The van der Waals surface area contributed by atoms with Gasteiger partial charge in [0.05, 0.1) is 10.5 Å². The predicted octanol–water partition coefficient (Wildman–Crippen LogP) is 3.79. The maximum Gasteiger partial charge on any atom is 0.0705 e.